The van der Waals surface area contributed by atoms with Crippen LogP contribution in [0.3, 0.4) is 0 Å². The quantitative estimate of drug-likeness (QED) is 0.490. The zero-order valence-corrected chi connectivity index (χ0v) is 17.7. The number of halogens is 1. The lowest BCUT2D eigenvalue weighted by molar-refractivity contribution is -0.386. The number of methoxy groups -OCH3 is 1. The summed E-state index contributed by atoms with van der Waals surface area (Å²) in [5, 5.41) is 11.7. The molecule has 9 nitrogen and oxygen atoms in total. The van der Waals surface area contributed by atoms with Gasteiger partial charge >= 0.3 is 5.69 Å². The number of ether oxygens (including phenoxy) is 1. The van der Waals surface area contributed by atoms with Gasteiger partial charge in [0, 0.05) is 37.3 Å². The molecule has 2 aromatic rings. The van der Waals surface area contributed by atoms with E-state index in [0.29, 0.717) is 10.6 Å². The zero-order chi connectivity index (χ0) is 21.9. The Kier molecular flexibility index (Phi) is 6.59. The lowest BCUT2D eigenvalue weighted by Crippen LogP contribution is -2.50. The highest BCUT2D eigenvalue weighted by molar-refractivity contribution is 7.89. The fourth-order valence-electron chi connectivity index (χ4n) is 3.22. The van der Waals surface area contributed by atoms with Crippen molar-refractivity contribution in [3.8, 4) is 5.75 Å². The van der Waals surface area contributed by atoms with Crippen molar-refractivity contribution in [1.29, 1.82) is 0 Å². The summed E-state index contributed by atoms with van der Waals surface area (Å²) in [5.41, 5.74) is 0.289. The van der Waals surface area contributed by atoms with Gasteiger partial charge in [0.25, 0.3) is 0 Å². The summed E-state index contributed by atoms with van der Waals surface area (Å²) in [6, 6.07) is 10.6. The molecule has 1 amide bonds. The molecule has 0 unspecified atom stereocenters. The Labute approximate surface area is 179 Å². The number of nitro groups is 1. The van der Waals surface area contributed by atoms with Crippen molar-refractivity contribution in [2.45, 2.75) is 11.3 Å². The molecule has 1 heterocycles. The van der Waals surface area contributed by atoms with E-state index < -0.39 is 20.6 Å². The molecule has 1 fully saturated rings. The highest BCUT2D eigenvalue weighted by Gasteiger charge is 2.32. The van der Waals surface area contributed by atoms with Crippen molar-refractivity contribution in [3.05, 3.63) is 63.2 Å². The number of rotatable bonds is 6. The third-order valence-electron chi connectivity index (χ3n) is 4.88. The second kappa shape index (κ2) is 8.99. The standard InChI is InChI=1S/C19H20ClN3O6S/c1-29-18-7-6-15(13-17(18)23(25)26)30(27,28)22-10-8-21(9-11-22)19(24)12-14-4-2-3-5-16(14)20/h2-7,13H,8-12H2,1H3. The molecule has 1 aliphatic rings. The molecule has 11 heteroatoms. The molecule has 0 spiro atoms. The monoisotopic (exact) mass is 453 g/mol. The van der Waals surface area contributed by atoms with Gasteiger partial charge in [-0.1, -0.05) is 29.8 Å². The highest BCUT2D eigenvalue weighted by atomic mass is 35.5. The molecular weight excluding hydrogens is 434 g/mol. The van der Waals surface area contributed by atoms with E-state index in [0.717, 1.165) is 6.07 Å². The minimum atomic E-state index is -3.94. The van der Waals surface area contributed by atoms with Crippen LogP contribution in [-0.2, 0) is 21.2 Å². The van der Waals surface area contributed by atoms with Crippen LogP contribution in [0.5, 0.6) is 5.75 Å². The van der Waals surface area contributed by atoms with E-state index in [9.17, 15) is 23.3 Å². The first-order valence-electron chi connectivity index (χ1n) is 9.08. The van der Waals surface area contributed by atoms with Crippen LogP contribution in [0.1, 0.15) is 5.56 Å². The number of amides is 1. The van der Waals surface area contributed by atoms with Gasteiger partial charge in [0.1, 0.15) is 0 Å². The molecule has 0 bridgehead atoms. The Hall–Kier alpha value is -2.69. The lowest BCUT2D eigenvalue weighted by Gasteiger charge is -2.34. The van der Waals surface area contributed by atoms with Gasteiger partial charge in [-0.3, -0.25) is 14.9 Å². The van der Waals surface area contributed by atoms with Crippen LogP contribution in [0, 0.1) is 10.1 Å². The molecule has 0 radical (unpaired) electrons. The molecule has 30 heavy (non-hydrogen) atoms. The van der Waals surface area contributed by atoms with Crippen LogP contribution in [0.15, 0.2) is 47.4 Å². The van der Waals surface area contributed by atoms with Crippen LogP contribution in [0.4, 0.5) is 5.69 Å². The molecule has 0 aliphatic carbocycles. The number of carbonyl (C=O) groups is 1. The van der Waals surface area contributed by atoms with Crippen molar-refractivity contribution >= 4 is 33.2 Å². The largest absolute Gasteiger partial charge is 0.490 e. The first kappa shape index (κ1) is 22.0. The summed E-state index contributed by atoms with van der Waals surface area (Å²) < 4.78 is 32.0. The van der Waals surface area contributed by atoms with Crippen LogP contribution in [0.2, 0.25) is 5.02 Å². The van der Waals surface area contributed by atoms with E-state index >= 15 is 0 Å². The van der Waals surface area contributed by atoms with E-state index in [2.05, 4.69) is 0 Å². The Morgan fingerprint density at radius 2 is 1.83 bits per heavy atom. The number of nitro benzene ring substituents is 1. The van der Waals surface area contributed by atoms with Crippen LogP contribution in [-0.4, -0.2) is 61.7 Å². The van der Waals surface area contributed by atoms with Gasteiger partial charge < -0.3 is 9.64 Å². The summed E-state index contributed by atoms with van der Waals surface area (Å²) >= 11 is 6.10. The number of hydrogen-bond donors (Lipinski definition) is 0. The Bertz CT molecular complexity index is 1070. The Morgan fingerprint density at radius 1 is 1.17 bits per heavy atom. The van der Waals surface area contributed by atoms with Gasteiger partial charge in [0.15, 0.2) is 5.75 Å². The van der Waals surface area contributed by atoms with E-state index in [1.807, 2.05) is 0 Å². The number of carbonyl (C=O) groups excluding carboxylic acids is 1. The molecule has 3 rings (SSSR count). The smallest absolute Gasteiger partial charge is 0.312 e. The fourth-order valence-corrected chi connectivity index (χ4v) is 4.86. The number of hydrogen-bond acceptors (Lipinski definition) is 6. The van der Waals surface area contributed by atoms with E-state index in [-0.39, 0.29) is 49.2 Å². The second-order valence-corrected chi connectivity index (χ2v) is 8.99. The van der Waals surface area contributed by atoms with Crippen molar-refractivity contribution in [3.63, 3.8) is 0 Å². The molecule has 160 valence electrons. The molecule has 1 saturated heterocycles. The minimum absolute atomic E-state index is 0.0195. The van der Waals surface area contributed by atoms with Gasteiger partial charge in [0.05, 0.1) is 23.3 Å². The van der Waals surface area contributed by atoms with Crippen LogP contribution in [0.25, 0.3) is 0 Å². The van der Waals surface area contributed by atoms with Gasteiger partial charge in [-0.25, -0.2) is 8.42 Å². The molecule has 2 aromatic carbocycles. The van der Waals surface area contributed by atoms with Crippen molar-refractivity contribution in [2.24, 2.45) is 0 Å². The van der Waals surface area contributed by atoms with Crippen molar-refractivity contribution in [2.75, 3.05) is 33.3 Å². The molecule has 0 atom stereocenters. The number of benzene rings is 2. The average molecular weight is 454 g/mol. The first-order chi connectivity index (χ1) is 14.2. The number of sulfonamides is 1. The first-order valence-corrected chi connectivity index (χ1v) is 10.9. The van der Waals surface area contributed by atoms with E-state index in [4.69, 9.17) is 16.3 Å². The van der Waals surface area contributed by atoms with Gasteiger partial charge in [0.2, 0.25) is 15.9 Å². The summed E-state index contributed by atoms with van der Waals surface area (Å²) in [6.45, 7) is 0.633. The molecule has 0 aromatic heterocycles. The van der Waals surface area contributed by atoms with E-state index in [1.165, 1.54) is 23.5 Å². The maximum absolute atomic E-state index is 12.9. The molecule has 0 N–H and O–H groups in total. The third-order valence-corrected chi connectivity index (χ3v) is 7.14. The minimum Gasteiger partial charge on any atom is -0.490 e. The van der Waals surface area contributed by atoms with Crippen molar-refractivity contribution < 1.29 is 22.9 Å². The predicted molar refractivity (Wildman–Crippen MR) is 110 cm³/mol. The van der Waals surface area contributed by atoms with Gasteiger partial charge in [-0.05, 0) is 23.8 Å². The second-order valence-electron chi connectivity index (χ2n) is 6.64. The third kappa shape index (κ3) is 4.55. The fraction of sp³-hybridized carbons (Fsp3) is 0.316. The zero-order valence-electron chi connectivity index (χ0n) is 16.2. The van der Waals surface area contributed by atoms with Gasteiger partial charge in [-0.2, -0.15) is 4.31 Å². The average Bonchev–Trinajstić information content (AvgIpc) is 2.74. The maximum atomic E-state index is 12.9. The highest BCUT2D eigenvalue weighted by Crippen LogP contribution is 2.30. The van der Waals surface area contributed by atoms with Crippen LogP contribution >= 0.6 is 11.6 Å². The topological polar surface area (TPSA) is 110 Å². The number of nitrogens with zero attached hydrogens (tertiary/aromatic N) is 3. The number of piperazine rings is 1. The summed E-state index contributed by atoms with van der Waals surface area (Å²) in [5.74, 6) is -0.158. The van der Waals surface area contributed by atoms with Crippen molar-refractivity contribution in [1.82, 2.24) is 9.21 Å². The summed E-state index contributed by atoms with van der Waals surface area (Å²) in [4.78, 5) is 24.4. The van der Waals surface area contributed by atoms with Crippen LogP contribution < -0.4 is 4.74 Å². The lowest BCUT2D eigenvalue weighted by atomic mass is 10.1. The molecule has 0 saturated carbocycles. The Balaban J connectivity index is 1.69. The maximum Gasteiger partial charge on any atom is 0.312 e. The SMILES string of the molecule is COc1ccc(S(=O)(=O)N2CCN(C(=O)Cc3ccccc3Cl)CC2)cc1[N+](=O)[O-]. The normalized spacial score (nSPS) is 15.1. The Morgan fingerprint density at radius 3 is 2.43 bits per heavy atom. The molecular formula is C19H20ClN3O6S. The summed E-state index contributed by atoms with van der Waals surface area (Å²) in [7, 11) is -2.67. The van der Waals surface area contributed by atoms with E-state index in [1.54, 1.807) is 29.2 Å². The summed E-state index contributed by atoms with van der Waals surface area (Å²) in [6.07, 6.45) is 0.136. The predicted octanol–water partition coefficient (Wildman–Crippen LogP) is 2.33. The molecule has 1 aliphatic heterocycles. The van der Waals surface area contributed by atoms with Gasteiger partial charge in [-0.15, -0.1) is 0 Å².